The number of nitrogens with one attached hydrogen (secondary N) is 3. The summed E-state index contributed by atoms with van der Waals surface area (Å²) in [5.41, 5.74) is 9.94. The van der Waals surface area contributed by atoms with Crippen LogP contribution < -0.4 is 26.6 Å². The lowest BCUT2D eigenvalue weighted by Gasteiger charge is -2.34. The molecular weight excluding hydrogens is 486 g/mol. The molecule has 198 valence electrons. The van der Waals surface area contributed by atoms with Crippen LogP contribution in [0.25, 0.3) is 0 Å². The third-order valence-corrected chi connectivity index (χ3v) is 7.02. The molecule has 2 aromatic rings. The highest BCUT2D eigenvalue weighted by Gasteiger charge is 2.24. The fourth-order valence-electron chi connectivity index (χ4n) is 4.04. The molecule has 2 heterocycles. The minimum atomic E-state index is -0.648. The molecule has 10 heteroatoms. The minimum absolute atomic E-state index is 0.0564. The molecular formula is C27H37N7O2S. The molecule has 0 aliphatic carbocycles. The first-order valence-electron chi connectivity index (χ1n) is 12.4. The van der Waals surface area contributed by atoms with Crippen LogP contribution in [0.2, 0.25) is 0 Å². The summed E-state index contributed by atoms with van der Waals surface area (Å²) in [6.07, 6.45) is 8.26. The van der Waals surface area contributed by atoms with Gasteiger partial charge in [0.1, 0.15) is 5.82 Å². The van der Waals surface area contributed by atoms with E-state index in [0.717, 1.165) is 47.7 Å². The fraction of sp³-hybridized carbons (Fsp3) is 0.407. The van der Waals surface area contributed by atoms with Crippen molar-refractivity contribution in [3.8, 4) is 0 Å². The number of thioether (sulfide) groups is 1. The highest BCUT2D eigenvalue weighted by molar-refractivity contribution is 8.02. The number of carbonyl (C=O) groups is 2. The van der Waals surface area contributed by atoms with Gasteiger partial charge in [-0.15, -0.1) is 11.8 Å². The van der Waals surface area contributed by atoms with E-state index in [-0.39, 0.29) is 17.8 Å². The topological polar surface area (TPSA) is 125 Å². The Kier molecular flexibility index (Phi) is 9.96. The number of aryl methyl sites for hydroxylation is 1. The maximum absolute atomic E-state index is 12.6. The fourth-order valence-corrected chi connectivity index (χ4v) is 4.53. The number of urea groups is 1. The van der Waals surface area contributed by atoms with Gasteiger partial charge in [0.2, 0.25) is 0 Å². The van der Waals surface area contributed by atoms with Crippen molar-refractivity contribution in [2.24, 2.45) is 5.73 Å². The van der Waals surface area contributed by atoms with Gasteiger partial charge in [0.15, 0.2) is 11.5 Å². The number of amides is 3. The standard InChI is InChI=1S/C27H37N7O2S/c1-6-18(3)19(4)14-23(37-5)33-26-24(25(28)35)29-15-22(32-26)34-12-8-11-21(16-34)31-27(36)30-20-10-7-9-17(2)13-20/h7,9-10,13-15,21H,6,8,11-12,16H2,1-5H3,(H2,28,35)(H,32,33)(H2,30,31,36)/b19-18?,23-14-/t21-/m1/s1. The zero-order valence-corrected chi connectivity index (χ0v) is 23.0. The van der Waals surface area contributed by atoms with Gasteiger partial charge in [-0.2, -0.15) is 0 Å². The normalized spacial score (nSPS) is 16.6. The zero-order chi connectivity index (χ0) is 26.9. The second-order valence-corrected chi connectivity index (χ2v) is 10.0. The first-order chi connectivity index (χ1) is 17.7. The number of anilines is 3. The Morgan fingerprint density at radius 2 is 2.05 bits per heavy atom. The molecule has 5 N–H and O–H groups in total. The average Bonchev–Trinajstić information content (AvgIpc) is 2.87. The Morgan fingerprint density at radius 1 is 1.27 bits per heavy atom. The summed E-state index contributed by atoms with van der Waals surface area (Å²) in [4.78, 5) is 35.8. The van der Waals surface area contributed by atoms with Crippen molar-refractivity contribution in [2.45, 2.75) is 53.0 Å². The van der Waals surface area contributed by atoms with Gasteiger partial charge in [-0.3, -0.25) is 4.79 Å². The Labute approximate surface area is 223 Å². The van der Waals surface area contributed by atoms with Crippen molar-refractivity contribution in [1.29, 1.82) is 0 Å². The minimum Gasteiger partial charge on any atom is -0.364 e. The van der Waals surface area contributed by atoms with E-state index in [4.69, 9.17) is 10.7 Å². The van der Waals surface area contributed by atoms with Crippen molar-refractivity contribution in [3.05, 3.63) is 64.0 Å². The molecule has 1 aliphatic rings. The SMILES string of the molecule is CCC(C)=C(C)/C=C(/Nc1nc(N2CCC[C@@H](NC(=O)Nc3cccc(C)c3)C2)cnc1C(N)=O)SC. The van der Waals surface area contributed by atoms with Gasteiger partial charge in [-0.25, -0.2) is 14.8 Å². The van der Waals surface area contributed by atoms with Gasteiger partial charge in [0.25, 0.3) is 5.91 Å². The molecule has 0 bridgehead atoms. The number of nitrogens with zero attached hydrogens (tertiary/aromatic N) is 3. The van der Waals surface area contributed by atoms with Crippen LogP contribution in [-0.4, -0.2) is 47.3 Å². The summed E-state index contributed by atoms with van der Waals surface area (Å²) in [5, 5.41) is 10.1. The largest absolute Gasteiger partial charge is 0.364 e. The van der Waals surface area contributed by atoms with Crippen LogP contribution >= 0.6 is 11.8 Å². The second-order valence-electron chi connectivity index (χ2n) is 9.20. The predicted molar refractivity (Wildman–Crippen MR) is 153 cm³/mol. The zero-order valence-electron chi connectivity index (χ0n) is 22.2. The molecule has 1 saturated heterocycles. The summed E-state index contributed by atoms with van der Waals surface area (Å²) in [7, 11) is 0. The lowest BCUT2D eigenvalue weighted by molar-refractivity contribution is 0.0996. The second kappa shape index (κ2) is 13.1. The number of carbonyl (C=O) groups excluding carboxylic acids is 2. The van der Waals surface area contributed by atoms with Crippen molar-refractivity contribution in [3.63, 3.8) is 0 Å². The van der Waals surface area contributed by atoms with Crippen LogP contribution in [0.15, 0.2) is 52.7 Å². The summed E-state index contributed by atoms with van der Waals surface area (Å²) in [6, 6.07) is 7.39. The lowest BCUT2D eigenvalue weighted by atomic mass is 10.1. The number of aromatic nitrogens is 2. The van der Waals surface area contributed by atoms with Crippen molar-refractivity contribution >= 4 is 41.0 Å². The summed E-state index contributed by atoms with van der Waals surface area (Å²) >= 11 is 1.52. The maximum Gasteiger partial charge on any atom is 0.319 e. The van der Waals surface area contributed by atoms with E-state index in [1.165, 1.54) is 17.3 Å². The first kappa shape index (κ1) is 28.0. The highest BCUT2D eigenvalue weighted by atomic mass is 32.2. The van der Waals surface area contributed by atoms with Crippen LogP contribution in [-0.2, 0) is 0 Å². The third kappa shape index (κ3) is 7.98. The van der Waals surface area contributed by atoms with Crippen LogP contribution in [0.4, 0.5) is 22.1 Å². The maximum atomic E-state index is 12.6. The Hall–Kier alpha value is -3.53. The van der Waals surface area contributed by atoms with Gasteiger partial charge in [-0.1, -0.05) is 24.6 Å². The Bertz CT molecular complexity index is 1200. The quantitative estimate of drug-likeness (QED) is 0.339. The summed E-state index contributed by atoms with van der Waals surface area (Å²) < 4.78 is 0. The van der Waals surface area contributed by atoms with Crippen LogP contribution in [0.1, 0.15) is 56.1 Å². The van der Waals surface area contributed by atoms with Crippen molar-refractivity contribution < 1.29 is 9.59 Å². The molecule has 0 radical (unpaired) electrons. The molecule has 0 saturated carbocycles. The summed E-state index contributed by atoms with van der Waals surface area (Å²) in [6.45, 7) is 9.60. The highest BCUT2D eigenvalue weighted by Crippen LogP contribution is 2.25. The smallest absolute Gasteiger partial charge is 0.319 e. The number of rotatable bonds is 9. The number of primary amides is 1. The number of allylic oxidation sites excluding steroid dienone is 3. The molecule has 1 aromatic carbocycles. The van der Waals surface area contributed by atoms with Gasteiger partial charge in [0, 0.05) is 24.8 Å². The van der Waals surface area contributed by atoms with E-state index >= 15 is 0 Å². The molecule has 9 nitrogen and oxygen atoms in total. The monoisotopic (exact) mass is 523 g/mol. The molecule has 1 fully saturated rings. The van der Waals surface area contributed by atoms with E-state index in [1.807, 2.05) is 43.5 Å². The lowest BCUT2D eigenvalue weighted by Crippen LogP contribution is -2.49. The van der Waals surface area contributed by atoms with E-state index in [1.54, 1.807) is 6.20 Å². The van der Waals surface area contributed by atoms with E-state index in [2.05, 4.69) is 46.6 Å². The predicted octanol–water partition coefficient (Wildman–Crippen LogP) is 5.04. The van der Waals surface area contributed by atoms with Gasteiger partial charge >= 0.3 is 6.03 Å². The van der Waals surface area contributed by atoms with E-state index in [9.17, 15) is 9.59 Å². The van der Waals surface area contributed by atoms with E-state index < -0.39 is 5.91 Å². The van der Waals surface area contributed by atoms with Crippen LogP contribution in [0.3, 0.4) is 0 Å². The van der Waals surface area contributed by atoms with Gasteiger partial charge < -0.3 is 26.6 Å². The molecule has 0 spiro atoms. The molecule has 1 atom stereocenters. The number of hydrogen-bond donors (Lipinski definition) is 4. The number of nitrogens with two attached hydrogens (primary N) is 1. The first-order valence-corrected chi connectivity index (χ1v) is 13.7. The molecule has 1 aliphatic heterocycles. The van der Waals surface area contributed by atoms with Crippen molar-refractivity contribution in [1.82, 2.24) is 15.3 Å². The third-order valence-electron chi connectivity index (χ3n) is 6.36. The van der Waals surface area contributed by atoms with Crippen molar-refractivity contribution in [2.75, 3.05) is 34.9 Å². The molecule has 37 heavy (non-hydrogen) atoms. The van der Waals surface area contributed by atoms with Gasteiger partial charge in [0.05, 0.1) is 11.2 Å². The number of piperidine rings is 1. The number of hydrogen-bond acceptors (Lipinski definition) is 7. The average molecular weight is 524 g/mol. The number of benzene rings is 1. The van der Waals surface area contributed by atoms with Gasteiger partial charge in [-0.05, 0) is 75.6 Å². The van der Waals surface area contributed by atoms with Crippen LogP contribution in [0.5, 0.6) is 0 Å². The summed E-state index contributed by atoms with van der Waals surface area (Å²) in [5.74, 6) is 0.292. The molecule has 3 amide bonds. The molecule has 0 unspecified atom stereocenters. The molecule has 3 rings (SSSR count). The Morgan fingerprint density at radius 3 is 2.73 bits per heavy atom. The van der Waals surface area contributed by atoms with Crippen LogP contribution in [0, 0.1) is 6.92 Å². The Balaban J connectivity index is 1.75. The van der Waals surface area contributed by atoms with E-state index in [0.29, 0.717) is 18.2 Å². The molecule has 1 aromatic heterocycles.